The first-order chi connectivity index (χ1) is 12.8. The van der Waals surface area contributed by atoms with Crippen molar-refractivity contribution in [2.75, 3.05) is 50.0 Å². The van der Waals surface area contributed by atoms with Gasteiger partial charge in [-0.25, -0.2) is 0 Å². The van der Waals surface area contributed by atoms with E-state index in [1.165, 1.54) is 12.1 Å². The Hall–Kier alpha value is -1.94. The zero-order valence-corrected chi connectivity index (χ0v) is 15.7. The third-order valence-corrected chi connectivity index (χ3v) is 4.60. The van der Waals surface area contributed by atoms with E-state index in [0.717, 1.165) is 17.9 Å². The van der Waals surface area contributed by atoms with Gasteiger partial charge in [0.15, 0.2) is 0 Å². The van der Waals surface area contributed by atoms with Crippen molar-refractivity contribution in [1.29, 1.82) is 0 Å². The molecule has 0 saturated carbocycles. The minimum atomic E-state index is -4.75. The van der Waals surface area contributed by atoms with E-state index < -0.39 is 6.36 Å². The predicted molar refractivity (Wildman–Crippen MR) is 97.8 cm³/mol. The average molecular weight is 405 g/mol. The fourth-order valence-corrected chi connectivity index (χ4v) is 3.03. The number of carbonyl (C=O) groups excluding carboxylic acids is 2. The minimum Gasteiger partial charge on any atom is -0.406 e. The van der Waals surface area contributed by atoms with E-state index in [2.05, 4.69) is 10.1 Å². The Morgan fingerprint density at radius 1 is 1.15 bits per heavy atom. The molecule has 1 N–H and O–H groups in total. The topological polar surface area (TPSA) is 61.9 Å². The van der Waals surface area contributed by atoms with Gasteiger partial charge in [0.05, 0.1) is 6.54 Å². The van der Waals surface area contributed by atoms with Crippen LogP contribution in [0.1, 0.15) is 6.42 Å². The summed E-state index contributed by atoms with van der Waals surface area (Å²) in [5, 5.41) is 2.64. The number of amides is 2. The Morgan fingerprint density at radius 3 is 2.33 bits per heavy atom. The molecule has 1 saturated heterocycles. The van der Waals surface area contributed by atoms with Crippen LogP contribution in [0, 0.1) is 0 Å². The predicted octanol–water partition coefficient (Wildman–Crippen LogP) is 2.42. The van der Waals surface area contributed by atoms with Crippen LogP contribution >= 0.6 is 11.8 Å². The number of hydrogen-bond donors (Lipinski definition) is 1. The third kappa shape index (κ3) is 7.67. The van der Waals surface area contributed by atoms with Crippen LogP contribution in [0.25, 0.3) is 0 Å². The molecule has 1 aliphatic rings. The highest BCUT2D eigenvalue weighted by Gasteiger charge is 2.31. The second-order valence-electron chi connectivity index (χ2n) is 6.02. The van der Waals surface area contributed by atoms with Crippen LogP contribution in [0.4, 0.5) is 18.9 Å². The summed E-state index contributed by atoms with van der Waals surface area (Å²) < 4.78 is 40.2. The quantitative estimate of drug-likeness (QED) is 0.755. The molecule has 2 rings (SSSR count). The monoisotopic (exact) mass is 405 g/mol. The van der Waals surface area contributed by atoms with E-state index in [1.807, 2.05) is 16.1 Å². The number of nitrogens with one attached hydrogen (secondary N) is 1. The third-order valence-electron chi connectivity index (χ3n) is 3.98. The van der Waals surface area contributed by atoms with Crippen LogP contribution in [0.3, 0.4) is 0 Å². The zero-order chi connectivity index (χ0) is 19.9. The number of anilines is 1. The highest BCUT2D eigenvalue weighted by atomic mass is 32.2. The van der Waals surface area contributed by atoms with Gasteiger partial charge in [-0.1, -0.05) is 0 Å². The lowest BCUT2D eigenvalue weighted by Gasteiger charge is -2.34. The Balaban J connectivity index is 1.74. The van der Waals surface area contributed by atoms with Gasteiger partial charge < -0.3 is 15.0 Å². The van der Waals surface area contributed by atoms with Crippen LogP contribution in [0.2, 0.25) is 0 Å². The van der Waals surface area contributed by atoms with E-state index in [4.69, 9.17) is 0 Å². The van der Waals surface area contributed by atoms with E-state index >= 15 is 0 Å². The number of rotatable bonds is 7. The Morgan fingerprint density at radius 2 is 1.78 bits per heavy atom. The number of benzene rings is 1. The van der Waals surface area contributed by atoms with Crippen molar-refractivity contribution in [2.24, 2.45) is 0 Å². The number of piperazine rings is 1. The molecule has 0 aromatic heterocycles. The SMILES string of the molecule is CSCCC(=O)N1CCN(CC(=O)Nc2ccc(OC(F)(F)F)cc2)CC1. The average Bonchev–Trinajstić information content (AvgIpc) is 2.60. The van der Waals surface area contributed by atoms with E-state index in [9.17, 15) is 22.8 Å². The molecule has 0 spiro atoms. The standard InChI is InChI=1S/C17H22F3N3O3S/c1-27-11-6-16(25)23-9-7-22(8-10-23)12-15(24)21-13-2-4-14(5-3-13)26-17(18,19)20/h2-5H,6-12H2,1H3,(H,21,24). The molecule has 6 nitrogen and oxygen atoms in total. The molecular formula is C17H22F3N3O3S. The number of alkyl halides is 3. The van der Waals surface area contributed by atoms with Gasteiger partial charge in [0, 0.05) is 44.0 Å². The molecule has 0 atom stereocenters. The maximum Gasteiger partial charge on any atom is 0.573 e. The molecule has 0 bridgehead atoms. The molecule has 1 heterocycles. The molecule has 150 valence electrons. The summed E-state index contributed by atoms with van der Waals surface area (Å²) in [4.78, 5) is 27.8. The molecule has 0 radical (unpaired) electrons. The Labute approximate surface area is 160 Å². The summed E-state index contributed by atoms with van der Waals surface area (Å²) in [5.41, 5.74) is 0.389. The highest BCUT2D eigenvalue weighted by molar-refractivity contribution is 7.98. The minimum absolute atomic E-state index is 0.134. The first-order valence-corrected chi connectivity index (χ1v) is 9.81. The molecule has 1 fully saturated rings. The summed E-state index contributed by atoms with van der Waals surface area (Å²) in [6, 6.07) is 4.98. The molecule has 1 aromatic carbocycles. The van der Waals surface area contributed by atoms with Crippen molar-refractivity contribution in [3.05, 3.63) is 24.3 Å². The lowest BCUT2D eigenvalue weighted by molar-refractivity contribution is -0.274. The molecule has 0 aliphatic carbocycles. The van der Waals surface area contributed by atoms with Crippen molar-refractivity contribution >= 4 is 29.3 Å². The maximum absolute atomic E-state index is 12.1. The first kappa shape index (κ1) is 21.4. The molecule has 27 heavy (non-hydrogen) atoms. The Kier molecular flexibility index (Phi) is 7.78. The van der Waals surface area contributed by atoms with Crippen molar-refractivity contribution in [3.8, 4) is 5.75 Å². The Bertz CT molecular complexity index is 633. The fraction of sp³-hybridized carbons (Fsp3) is 0.529. The molecular weight excluding hydrogens is 383 g/mol. The molecule has 2 amide bonds. The van der Waals surface area contributed by atoms with Crippen LogP contribution in [0.15, 0.2) is 24.3 Å². The van der Waals surface area contributed by atoms with Crippen molar-refractivity contribution in [1.82, 2.24) is 9.80 Å². The van der Waals surface area contributed by atoms with Gasteiger partial charge >= 0.3 is 6.36 Å². The highest BCUT2D eigenvalue weighted by Crippen LogP contribution is 2.23. The second-order valence-corrected chi connectivity index (χ2v) is 7.01. The summed E-state index contributed by atoms with van der Waals surface area (Å²) >= 11 is 1.63. The zero-order valence-electron chi connectivity index (χ0n) is 14.9. The maximum atomic E-state index is 12.1. The van der Waals surface area contributed by atoms with E-state index in [1.54, 1.807) is 11.8 Å². The van der Waals surface area contributed by atoms with Crippen molar-refractivity contribution < 1.29 is 27.5 Å². The van der Waals surface area contributed by atoms with Crippen LogP contribution in [0.5, 0.6) is 5.75 Å². The second kappa shape index (κ2) is 9.84. The summed E-state index contributed by atoms with van der Waals surface area (Å²) in [5.74, 6) is 0.327. The lowest BCUT2D eigenvalue weighted by Crippen LogP contribution is -2.50. The van der Waals surface area contributed by atoms with E-state index in [-0.39, 0.29) is 24.1 Å². The normalized spacial score (nSPS) is 15.5. The van der Waals surface area contributed by atoms with Gasteiger partial charge in [0.1, 0.15) is 5.75 Å². The van der Waals surface area contributed by atoms with Crippen molar-refractivity contribution in [2.45, 2.75) is 12.8 Å². The fourth-order valence-electron chi connectivity index (χ4n) is 2.65. The smallest absolute Gasteiger partial charge is 0.406 e. The first-order valence-electron chi connectivity index (χ1n) is 8.41. The largest absolute Gasteiger partial charge is 0.573 e. The van der Waals surface area contributed by atoms with Gasteiger partial charge in [-0.15, -0.1) is 13.2 Å². The van der Waals surface area contributed by atoms with Gasteiger partial charge in [0.2, 0.25) is 11.8 Å². The van der Waals surface area contributed by atoms with Crippen LogP contribution < -0.4 is 10.1 Å². The molecule has 10 heteroatoms. The summed E-state index contributed by atoms with van der Waals surface area (Å²) in [6.07, 6.45) is -2.26. The lowest BCUT2D eigenvalue weighted by atomic mass is 10.2. The number of nitrogens with zero attached hydrogens (tertiary/aromatic N) is 2. The molecule has 1 aliphatic heterocycles. The van der Waals surface area contributed by atoms with Crippen molar-refractivity contribution in [3.63, 3.8) is 0 Å². The van der Waals surface area contributed by atoms with Gasteiger partial charge in [-0.3, -0.25) is 14.5 Å². The van der Waals surface area contributed by atoms with Gasteiger partial charge in [-0.2, -0.15) is 11.8 Å². The molecule has 0 unspecified atom stereocenters. The van der Waals surface area contributed by atoms with Gasteiger partial charge in [0.25, 0.3) is 0 Å². The summed E-state index contributed by atoms with van der Waals surface area (Å²) in [7, 11) is 0. The van der Waals surface area contributed by atoms with Crippen LogP contribution in [-0.4, -0.2) is 72.7 Å². The number of hydrogen-bond acceptors (Lipinski definition) is 5. The summed E-state index contributed by atoms with van der Waals surface area (Å²) in [6.45, 7) is 2.55. The number of halogens is 3. The van der Waals surface area contributed by atoms with E-state index in [0.29, 0.717) is 38.3 Å². The number of thioether (sulfide) groups is 1. The number of ether oxygens (including phenoxy) is 1. The van der Waals surface area contributed by atoms with Crippen LogP contribution in [-0.2, 0) is 9.59 Å². The number of carbonyl (C=O) groups is 2. The van der Waals surface area contributed by atoms with Gasteiger partial charge in [-0.05, 0) is 30.5 Å². The molecule has 1 aromatic rings.